The van der Waals surface area contributed by atoms with E-state index in [1.165, 1.54) is 22.3 Å². The van der Waals surface area contributed by atoms with Crippen molar-refractivity contribution in [2.75, 3.05) is 6.61 Å². The standard InChI is InChI=1S/C24H25NO4/c26-23(27)21-18-11-5-6-12-19(18)22(21)25-24(28)29-13-20-16-9-3-1-7-14(16)15-8-2-4-10-17(15)20/h1-4,7-10,18-22H,5-6,11-13H2,(H,25,28)(H,26,27)/t18-,19+,21-,22-/m0/s1. The Labute approximate surface area is 170 Å². The molecule has 5 heteroatoms. The second kappa shape index (κ2) is 7.21. The zero-order valence-electron chi connectivity index (χ0n) is 16.2. The number of ether oxygens (including phenoxy) is 1. The minimum absolute atomic E-state index is 0.00670. The molecule has 150 valence electrons. The minimum atomic E-state index is -0.808. The van der Waals surface area contributed by atoms with Gasteiger partial charge in [-0.15, -0.1) is 0 Å². The number of benzene rings is 2. The average Bonchev–Trinajstić information content (AvgIpc) is 3.04. The van der Waals surface area contributed by atoms with E-state index in [0.29, 0.717) is 0 Å². The monoisotopic (exact) mass is 391 g/mol. The van der Waals surface area contributed by atoms with Crippen LogP contribution < -0.4 is 5.32 Å². The van der Waals surface area contributed by atoms with Crippen molar-refractivity contribution in [2.24, 2.45) is 17.8 Å². The Bertz CT molecular complexity index is 910. The van der Waals surface area contributed by atoms with Crippen molar-refractivity contribution < 1.29 is 19.4 Å². The number of carbonyl (C=O) groups is 2. The van der Waals surface area contributed by atoms with Crippen LogP contribution in [0.4, 0.5) is 4.79 Å². The Hall–Kier alpha value is -2.82. The van der Waals surface area contributed by atoms with Crippen LogP contribution in [-0.4, -0.2) is 29.8 Å². The third-order valence-corrected chi connectivity index (χ3v) is 7.10. The molecule has 0 saturated heterocycles. The number of fused-ring (bicyclic) bond motifs is 4. The molecule has 5 nitrogen and oxygen atoms in total. The predicted molar refractivity (Wildman–Crippen MR) is 109 cm³/mol. The lowest BCUT2D eigenvalue weighted by molar-refractivity contribution is -0.156. The predicted octanol–water partition coefficient (Wildman–Crippen LogP) is 4.41. The molecule has 2 aromatic rings. The molecule has 29 heavy (non-hydrogen) atoms. The summed E-state index contributed by atoms with van der Waals surface area (Å²) in [6.07, 6.45) is 3.62. The largest absolute Gasteiger partial charge is 0.481 e. The van der Waals surface area contributed by atoms with Crippen LogP contribution >= 0.6 is 0 Å². The van der Waals surface area contributed by atoms with E-state index >= 15 is 0 Å². The Morgan fingerprint density at radius 3 is 2.14 bits per heavy atom. The molecule has 0 spiro atoms. The number of nitrogens with one attached hydrogen (secondary N) is 1. The van der Waals surface area contributed by atoms with Crippen LogP contribution in [0.25, 0.3) is 11.1 Å². The number of hydrogen-bond donors (Lipinski definition) is 2. The van der Waals surface area contributed by atoms with Gasteiger partial charge in [0.25, 0.3) is 0 Å². The number of carboxylic acid groups (broad SMARTS) is 1. The van der Waals surface area contributed by atoms with Gasteiger partial charge in [0.05, 0.1) is 5.92 Å². The molecular formula is C24H25NO4. The lowest BCUT2D eigenvalue weighted by atomic mass is 9.55. The number of aliphatic carboxylic acids is 1. The van der Waals surface area contributed by atoms with E-state index in [1.54, 1.807) is 0 Å². The van der Waals surface area contributed by atoms with Gasteiger partial charge in [0.2, 0.25) is 0 Å². The van der Waals surface area contributed by atoms with E-state index in [4.69, 9.17) is 4.74 Å². The van der Waals surface area contributed by atoms with Crippen LogP contribution in [0.1, 0.15) is 42.7 Å². The molecule has 5 rings (SSSR count). The molecule has 2 fully saturated rings. The fourth-order valence-electron chi connectivity index (χ4n) is 5.78. The zero-order valence-corrected chi connectivity index (χ0v) is 16.2. The number of carboxylic acids is 1. The van der Waals surface area contributed by atoms with Crippen molar-refractivity contribution in [1.82, 2.24) is 5.32 Å². The maximum Gasteiger partial charge on any atom is 0.407 e. The summed E-state index contributed by atoms with van der Waals surface area (Å²) < 4.78 is 5.61. The first-order valence-corrected chi connectivity index (χ1v) is 10.5. The van der Waals surface area contributed by atoms with Crippen LogP contribution in [0.15, 0.2) is 48.5 Å². The van der Waals surface area contributed by atoms with Crippen molar-refractivity contribution in [2.45, 2.75) is 37.6 Å². The molecule has 2 aromatic carbocycles. The number of hydrogen-bond acceptors (Lipinski definition) is 3. The highest BCUT2D eigenvalue weighted by atomic mass is 16.5. The highest BCUT2D eigenvalue weighted by molar-refractivity contribution is 5.79. The fraction of sp³-hybridized carbons (Fsp3) is 0.417. The molecule has 0 aromatic heterocycles. The van der Waals surface area contributed by atoms with Crippen LogP contribution in [-0.2, 0) is 9.53 Å². The van der Waals surface area contributed by atoms with Gasteiger partial charge in [-0.25, -0.2) is 4.79 Å². The van der Waals surface area contributed by atoms with Gasteiger partial charge >= 0.3 is 12.1 Å². The van der Waals surface area contributed by atoms with Gasteiger partial charge in [-0.3, -0.25) is 4.79 Å². The number of amides is 1. The summed E-state index contributed by atoms with van der Waals surface area (Å²) in [5.74, 6) is -0.824. The summed E-state index contributed by atoms with van der Waals surface area (Å²) in [5.41, 5.74) is 4.71. The summed E-state index contributed by atoms with van der Waals surface area (Å²) in [5, 5.41) is 12.5. The molecule has 4 atom stereocenters. The maximum atomic E-state index is 12.5. The molecular weight excluding hydrogens is 366 g/mol. The maximum absolute atomic E-state index is 12.5. The van der Waals surface area contributed by atoms with Gasteiger partial charge in [-0.05, 0) is 46.9 Å². The fourth-order valence-corrected chi connectivity index (χ4v) is 5.78. The zero-order chi connectivity index (χ0) is 20.0. The first kappa shape index (κ1) is 18.2. The number of carbonyl (C=O) groups excluding carboxylic acids is 1. The van der Waals surface area contributed by atoms with Gasteiger partial charge in [-0.2, -0.15) is 0 Å². The highest BCUT2D eigenvalue weighted by Crippen LogP contribution is 2.49. The first-order valence-electron chi connectivity index (χ1n) is 10.5. The van der Waals surface area contributed by atoms with E-state index in [1.807, 2.05) is 24.3 Å². The van der Waals surface area contributed by atoms with Crippen molar-refractivity contribution in [3.63, 3.8) is 0 Å². The second-order valence-corrected chi connectivity index (χ2v) is 8.47. The van der Waals surface area contributed by atoms with E-state index in [2.05, 4.69) is 29.6 Å². The summed E-state index contributed by atoms with van der Waals surface area (Å²) in [6, 6.07) is 16.1. The molecule has 2 saturated carbocycles. The topological polar surface area (TPSA) is 75.6 Å². The van der Waals surface area contributed by atoms with Gasteiger partial charge in [0.1, 0.15) is 6.61 Å². The van der Waals surface area contributed by atoms with Crippen LogP contribution in [0.3, 0.4) is 0 Å². The highest BCUT2D eigenvalue weighted by Gasteiger charge is 2.55. The molecule has 0 unspecified atom stereocenters. The van der Waals surface area contributed by atoms with Crippen molar-refractivity contribution >= 4 is 12.1 Å². The number of rotatable bonds is 4. The molecule has 1 amide bonds. The first-order chi connectivity index (χ1) is 14.1. The summed E-state index contributed by atoms with van der Waals surface area (Å²) in [4.78, 5) is 24.2. The van der Waals surface area contributed by atoms with E-state index in [0.717, 1.165) is 25.7 Å². The lowest BCUT2D eigenvalue weighted by Gasteiger charge is -2.52. The van der Waals surface area contributed by atoms with Gasteiger partial charge < -0.3 is 15.2 Å². The molecule has 3 aliphatic rings. The van der Waals surface area contributed by atoms with Crippen molar-refractivity contribution in [1.29, 1.82) is 0 Å². The summed E-state index contributed by atoms with van der Waals surface area (Å²) in [7, 11) is 0. The Kier molecular flexibility index (Phi) is 4.53. The molecule has 0 radical (unpaired) electrons. The van der Waals surface area contributed by atoms with E-state index < -0.39 is 18.0 Å². The molecule has 0 heterocycles. The van der Waals surface area contributed by atoms with Crippen LogP contribution in [0.2, 0.25) is 0 Å². The van der Waals surface area contributed by atoms with Gasteiger partial charge in [0, 0.05) is 12.0 Å². The average molecular weight is 391 g/mol. The smallest absolute Gasteiger partial charge is 0.407 e. The third-order valence-electron chi connectivity index (χ3n) is 7.10. The van der Waals surface area contributed by atoms with Gasteiger partial charge in [0.15, 0.2) is 0 Å². The molecule has 0 bridgehead atoms. The van der Waals surface area contributed by atoms with Crippen molar-refractivity contribution in [3.8, 4) is 11.1 Å². The molecule has 3 aliphatic carbocycles. The minimum Gasteiger partial charge on any atom is -0.481 e. The SMILES string of the molecule is O=C(N[C@H]1[C@@H]2CCCC[C@@H]2[C@@H]1C(=O)O)OCC1c2ccccc2-c2ccccc21. The van der Waals surface area contributed by atoms with Gasteiger partial charge in [-0.1, -0.05) is 61.4 Å². The Morgan fingerprint density at radius 2 is 1.52 bits per heavy atom. The summed E-state index contributed by atoms with van der Waals surface area (Å²) >= 11 is 0. The van der Waals surface area contributed by atoms with Crippen molar-refractivity contribution in [3.05, 3.63) is 59.7 Å². The normalized spacial score (nSPS) is 27.2. The molecule has 0 aliphatic heterocycles. The van der Waals surface area contributed by atoms with Crippen LogP contribution in [0.5, 0.6) is 0 Å². The lowest BCUT2D eigenvalue weighted by Crippen LogP contribution is -2.63. The third kappa shape index (κ3) is 3.00. The van der Waals surface area contributed by atoms with E-state index in [-0.39, 0.29) is 30.4 Å². The summed E-state index contributed by atoms with van der Waals surface area (Å²) in [6.45, 7) is 0.248. The molecule has 2 N–H and O–H groups in total. The Balaban J connectivity index is 1.27. The Morgan fingerprint density at radius 1 is 0.931 bits per heavy atom. The van der Waals surface area contributed by atoms with E-state index in [9.17, 15) is 14.7 Å². The quantitative estimate of drug-likeness (QED) is 0.809. The number of alkyl carbamates (subject to hydrolysis) is 1. The second-order valence-electron chi connectivity index (χ2n) is 8.47. The van der Waals surface area contributed by atoms with Crippen LogP contribution in [0, 0.1) is 17.8 Å².